The molecule has 0 saturated heterocycles. The van der Waals surface area contributed by atoms with E-state index >= 15 is 0 Å². The quantitative estimate of drug-likeness (QED) is 0.494. The summed E-state index contributed by atoms with van der Waals surface area (Å²) in [6, 6.07) is 12.4. The number of nitrogens with two attached hydrogens (primary N) is 1. The van der Waals surface area contributed by atoms with E-state index in [1.807, 2.05) is 24.3 Å². The first-order valence-electron chi connectivity index (χ1n) is 5.18. The van der Waals surface area contributed by atoms with Crippen molar-refractivity contribution < 1.29 is 9.52 Å². The van der Waals surface area contributed by atoms with Crippen LogP contribution in [0.15, 0.2) is 46.9 Å². The Morgan fingerprint density at radius 3 is 2.71 bits per heavy atom. The molecule has 0 spiro atoms. The molecule has 0 radical (unpaired) electrons. The van der Waals surface area contributed by atoms with E-state index in [-0.39, 0.29) is 5.75 Å². The van der Waals surface area contributed by atoms with Crippen molar-refractivity contribution in [3.8, 4) is 17.2 Å². The molecule has 1 aromatic heterocycles. The van der Waals surface area contributed by atoms with Crippen LogP contribution in [0.25, 0.3) is 22.6 Å². The van der Waals surface area contributed by atoms with E-state index in [1.54, 1.807) is 18.2 Å². The smallest absolute Gasteiger partial charge is 0.227 e. The zero-order valence-electron chi connectivity index (χ0n) is 8.92. The molecule has 0 fully saturated rings. The predicted octanol–water partition coefficient (Wildman–Crippen LogP) is 2.78. The van der Waals surface area contributed by atoms with E-state index in [4.69, 9.17) is 10.2 Å². The second kappa shape index (κ2) is 3.52. The van der Waals surface area contributed by atoms with Gasteiger partial charge in [0.05, 0.1) is 5.69 Å². The fourth-order valence-electron chi connectivity index (χ4n) is 1.67. The molecule has 0 saturated carbocycles. The van der Waals surface area contributed by atoms with Crippen molar-refractivity contribution >= 4 is 16.8 Å². The van der Waals surface area contributed by atoms with Crippen molar-refractivity contribution in [3.05, 3.63) is 42.5 Å². The van der Waals surface area contributed by atoms with Crippen LogP contribution in [0, 0.1) is 0 Å². The molecule has 0 aliphatic rings. The maximum Gasteiger partial charge on any atom is 0.227 e. The fraction of sp³-hybridized carbons (Fsp3) is 0. The number of phenols is 1. The molecule has 0 amide bonds. The average Bonchev–Trinajstić information content (AvgIpc) is 2.76. The number of hydrogen-bond acceptors (Lipinski definition) is 4. The van der Waals surface area contributed by atoms with Crippen LogP contribution < -0.4 is 5.73 Å². The zero-order valence-corrected chi connectivity index (χ0v) is 8.92. The summed E-state index contributed by atoms with van der Waals surface area (Å²) in [5, 5.41) is 9.54. The lowest BCUT2D eigenvalue weighted by Crippen LogP contribution is -1.85. The number of benzene rings is 2. The highest BCUT2D eigenvalue weighted by Crippen LogP contribution is 2.29. The van der Waals surface area contributed by atoms with Gasteiger partial charge in [-0.2, -0.15) is 0 Å². The van der Waals surface area contributed by atoms with E-state index in [0.29, 0.717) is 17.1 Å². The van der Waals surface area contributed by atoms with Gasteiger partial charge in [-0.15, -0.1) is 0 Å². The number of aromatic nitrogens is 1. The number of fused-ring (bicyclic) bond motifs is 1. The van der Waals surface area contributed by atoms with Crippen LogP contribution in [0.5, 0.6) is 5.75 Å². The van der Waals surface area contributed by atoms with Gasteiger partial charge in [0.1, 0.15) is 11.3 Å². The molecule has 0 aliphatic heterocycles. The van der Waals surface area contributed by atoms with Gasteiger partial charge in [0, 0.05) is 5.56 Å². The van der Waals surface area contributed by atoms with Gasteiger partial charge in [0.15, 0.2) is 5.58 Å². The minimum absolute atomic E-state index is 0.0322. The molecule has 0 aliphatic carbocycles. The van der Waals surface area contributed by atoms with Crippen LogP contribution in [0.2, 0.25) is 0 Å². The lowest BCUT2D eigenvalue weighted by atomic mass is 10.2. The maximum atomic E-state index is 9.54. The largest absolute Gasteiger partial charge is 0.506 e. The first-order valence-corrected chi connectivity index (χ1v) is 5.18. The summed E-state index contributed by atoms with van der Waals surface area (Å²) in [6.45, 7) is 0. The maximum absolute atomic E-state index is 9.54. The van der Waals surface area contributed by atoms with E-state index in [2.05, 4.69) is 4.98 Å². The van der Waals surface area contributed by atoms with E-state index in [1.165, 1.54) is 0 Å². The molecule has 3 aromatic rings. The van der Waals surface area contributed by atoms with E-state index in [0.717, 1.165) is 11.1 Å². The number of oxazole rings is 1. The fourth-order valence-corrected chi connectivity index (χ4v) is 1.67. The van der Waals surface area contributed by atoms with Gasteiger partial charge in [-0.25, -0.2) is 4.98 Å². The number of anilines is 1. The van der Waals surface area contributed by atoms with Crippen molar-refractivity contribution in [2.45, 2.75) is 0 Å². The van der Waals surface area contributed by atoms with Crippen LogP contribution in [-0.4, -0.2) is 10.1 Å². The molecule has 17 heavy (non-hydrogen) atoms. The molecule has 1 heterocycles. The molecule has 2 aromatic carbocycles. The first-order chi connectivity index (χ1) is 8.24. The average molecular weight is 226 g/mol. The van der Waals surface area contributed by atoms with Crippen LogP contribution >= 0.6 is 0 Å². The number of nitrogens with zero attached hydrogens (tertiary/aromatic N) is 1. The highest BCUT2D eigenvalue weighted by atomic mass is 16.3. The summed E-state index contributed by atoms with van der Waals surface area (Å²) in [5.74, 6) is 0.506. The number of phenolic OH excluding ortho intramolecular Hbond substituents is 1. The summed E-state index contributed by atoms with van der Waals surface area (Å²) in [7, 11) is 0. The zero-order chi connectivity index (χ0) is 11.8. The second-order valence-corrected chi connectivity index (χ2v) is 3.76. The van der Waals surface area contributed by atoms with Crippen molar-refractivity contribution in [2.24, 2.45) is 0 Å². The Kier molecular flexibility index (Phi) is 2.01. The Balaban J connectivity index is 2.17. The Bertz CT molecular complexity index is 656. The molecular formula is C13H10N2O2. The van der Waals surface area contributed by atoms with Crippen molar-refractivity contribution in [2.75, 3.05) is 5.73 Å². The number of para-hydroxylation sites is 2. The van der Waals surface area contributed by atoms with Crippen LogP contribution in [0.4, 0.5) is 5.69 Å². The van der Waals surface area contributed by atoms with Crippen molar-refractivity contribution in [1.29, 1.82) is 0 Å². The van der Waals surface area contributed by atoms with Crippen LogP contribution in [-0.2, 0) is 0 Å². The lowest BCUT2D eigenvalue weighted by Gasteiger charge is -1.99. The number of aromatic hydroxyl groups is 1. The SMILES string of the molecule is Nc1ccc(-c2nc3ccccc3o2)cc1O. The summed E-state index contributed by atoms with van der Waals surface area (Å²) in [5.41, 5.74) is 8.09. The Morgan fingerprint density at radius 2 is 1.94 bits per heavy atom. The van der Waals surface area contributed by atoms with Crippen LogP contribution in [0.1, 0.15) is 0 Å². The molecule has 4 heteroatoms. The third kappa shape index (κ3) is 1.59. The highest BCUT2D eigenvalue weighted by Gasteiger charge is 2.09. The van der Waals surface area contributed by atoms with Gasteiger partial charge in [-0.05, 0) is 30.3 Å². The Hall–Kier alpha value is -2.49. The number of hydrogen-bond donors (Lipinski definition) is 2. The first kappa shape index (κ1) is 9.72. The monoisotopic (exact) mass is 226 g/mol. The molecule has 3 N–H and O–H groups in total. The molecule has 0 unspecified atom stereocenters. The highest BCUT2D eigenvalue weighted by molar-refractivity contribution is 5.76. The van der Waals surface area contributed by atoms with Gasteiger partial charge >= 0.3 is 0 Å². The normalized spacial score (nSPS) is 10.8. The van der Waals surface area contributed by atoms with Gasteiger partial charge in [0.25, 0.3) is 0 Å². The summed E-state index contributed by atoms with van der Waals surface area (Å²) < 4.78 is 5.59. The molecule has 0 atom stereocenters. The molecule has 84 valence electrons. The van der Waals surface area contributed by atoms with Gasteiger partial charge in [-0.1, -0.05) is 12.1 Å². The minimum Gasteiger partial charge on any atom is -0.506 e. The molecule has 3 rings (SSSR count). The third-order valence-corrected chi connectivity index (χ3v) is 2.57. The lowest BCUT2D eigenvalue weighted by molar-refractivity contribution is 0.478. The molecule has 0 bridgehead atoms. The van der Waals surface area contributed by atoms with Gasteiger partial charge in [-0.3, -0.25) is 0 Å². The Morgan fingerprint density at radius 1 is 1.12 bits per heavy atom. The van der Waals surface area contributed by atoms with E-state index < -0.39 is 0 Å². The standard InChI is InChI=1S/C13H10N2O2/c14-9-6-5-8(7-11(9)16)13-15-10-3-1-2-4-12(10)17-13/h1-7,16H,14H2. The predicted molar refractivity (Wildman–Crippen MR) is 65.5 cm³/mol. The topological polar surface area (TPSA) is 72.3 Å². The summed E-state index contributed by atoms with van der Waals surface area (Å²) >= 11 is 0. The third-order valence-electron chi connectivity index (χ3n) is 2.57. The summed E-state index contributed by atoms with van der Waals surface area (Å²) in [6.07, 6.45) is 0. The van der Waals surface area contributed by atoms with Gasteiger partial charge in [0.2, 0.25) is 5.89 Å². The molecular weight excluding hydrogens is 216 g/mol. The minimum atomic E-state index is 0.0322. The Labute approximate surface area is 97.3 Å². The van der Waals surface area contributed by atoms with Crippen molar-refractivity contribution in [3.63, 3.8) is 0 Å². The number of rotatable bonds is 1. The second-order valence-electron chi connectivity index (χ2n) is 3.76. The van der Waals surface area contributed by atoms with Crippen LogP contribution in [0.3, 0.4) is 0 Å². The van der Waals surface area contributed by atoms with Gasteiger partial charge < -0.3 is 15.3 Å². The molecule has 4 nitrogen and oxygen atoms in total. The van der Waals surface area contributed by atoms with E-state index in [9.17, 15) is 5.11 Å². The number of nitrogen functional groups attached to an aromatic ring is 1. The summed E-state index contributed by atoms with van der Waals surface area (Å²) in [4.78, 5) is 4.34. The van der Waals surface area contributed by atoms with Crippen molar-refractivity contribution in [1.82, 2.24) is 4.98 Å².